The Kier molecular flexibility index (Phi) is 2.78. The first kappa shape index (κ1) is 12.2. The number of nitrogens with zero attached hydrogens (tertiary/aromatic N) is 3. The molecule has 1 atom stereocenters. The van der Waals surface area contributed by atoms with Crippen LogP contribution < -0.4 is 5.32 Å². The molecule has 1 unspecified atom stereocenters. The molecule has 0 bridgehead atoms. The molecule has 4 rings (SSSR count). The molecular formula is C17H16N4. The molecule has 3 aliphatic heterocycles. The Bertz CT molecular complexity index is 721. The Labute approximate surface area is 124 Å². The molecule has 0 fully saturated rings. The number of fused-ring (bicyclic) bond motifs is 2. The van der Waals surface area contributed by atoms with Crippen LogP contribution in [0.4, 0.5) is 0 Å². The van der Waals surface area contributed by atoms with Gasteiger partial charge < -0.3 is 10.2 Å². The van der Waals surface area contributed by atoms with Crippen LogP contribution in [0.1, 0.15) is 17.5 Å². The summed E-state index contributed by atoms with van der Waals surface area (Å²) >= 11 is 0. The van der Waals surface area contributed by atoms with E-state index in [1.54, 1.807) is 0 Å². The average molecular weight is 276 g/mol. The molecule has 0 aromatic heterocycles. The molecular weight excluding hydrogens is 260 g/mol. The van der Waals surface area contributed by atoms with Crippen molar-refractivity contribution < 1.29 is 0 Å². The summed E-state index contributed by atoms with van der Waals surface area (Å²) in [5, 5.41) is 12.7. The first-order valence-electron chi connectivity index (χ1n) is 7.30. The van der Waals surface area contributed by atoms with Crippen molar-refractivity contribution in [3.05, 3.63) is 58.6 Å². The van der Waals surface area contributed by atoms with E-state index in [2.05, 4.69) is 45.5 Å². The van der Waals surface area contributed by atoms with Crippen LogP contribution in [0.5, 0.6) is 0 Å². The first-order valence-corrected chi connectivity index (χ1v) is 7.30. The molecule has 4 nitrogen and oxygen atoms in total. The largest absolute Gasteiger partial charge is 0.355 e. The van der Waals surface area contributed by atoms with Crippen molar-refractivity contribution in [3.63, 3.8) is 0 Å². The van der Waals surface area contributed by atoms with Crippen molar-refractivity contribution in [2.45, 2.75) is 25.4 Å². The van der Waals surface area contributed by atoms with Crippen LogP contribution in [0, 0.1) is 11.3 Å². The Morgan fingerprint density at radius 2 is 2.14 bits per heavy atom. The Balaban J connectivity index is 1.69. The fraction of sp³-hybridized carbons (Fsp3) is 0.294. The smallest absolute Gasteiger partial charge is 0.119 e. The van der Waals surface area contributed by atoms with E-state index in [-0.39, 0.29) is 6.04 Å². The first-order chi connectivity index (χ1) is 10.3. The molecule has 21 heavy (non-hydrogen) atoms. The van der Waals surface area contributed by atoms with Gasteiger partial charge in [-0.3, -0.25) is 4.99 Å². The molecule has 1 aromatic carbocycles. The molecule has 3 heterocycles. The number of nitriles is 1. The lowest BCUT2D eigenvalue weighted by Crippen LogP contribution is -2.43. The Hall–Kier alpha value is -2.54. The Morgan fingerprint density at radius 1 is 1.29 bits per heavy atom. The van der Waals surface area contributed by atoms with Crippen LogP contribution in [-0.4, -0.2) is 23.7 Å². The second-order valence-electron chi connectivity index (χ2n) is 5.67. The predicted molar refractivity (Wildman–Crippen MR) is 81.3 cm³/mol. The standard InChI is InChI=1S/C17H16N4/c18-8-15-7-14-9-19-10-16(14)17(20-15)21-6-5-12-3-1-2-4-13(12)11-21/h1-4,9-10,15,20H,5-7,11H2. The minimum Gasteiger partial charge on any atom is -0.355 e. The van der Waals surface area contributed by atoms with Gasteiger partial charge >= 0.3 is 0 Å². The maximum atomic E-state index is 9.26. The lowest BCUT2D eigenvalue weighted by molar-refractivity contribution is 0.288. The number of rotatable bonds is 1. The SMILES string of the molecule is N#CC1CC2=CN=CC2=C(N2CCc3ccccc3C2)N1. The summed E-state index contributed by atoms with van der Waals surface area (Å²) in [6.45, 7) is 1.86. The van der Waals surface area contributed by atoms with Crippen LogP contribution in [0.3, 0.4) is 0 Å². The van der Waals surface area contributed by atoms with E-state index in [1.165, 1.54) is 16.7 Å². The lowest BCUT2D eigenvalue weighted by atomic mass is 9.95. The van der Waals surface area contributed by atoms with Gasteiger partial charge in [0.15, 0.2) is 0 Å². The van der Waals surface area contributed by atoms with E-state index in [9.17, 15) is 5.26 Å². The Morgan fingerprint density at radius 3 is 3.00 bits per heavy atom. The molecule has 0 amide bonds. The van der Waals surface area contributed by atoms with Crippen LogP contribution in [0.15, 0.2) is 52.4 Å². The molecule has 0 saturated carbocycles. The van der Waals surface area contributed by atoms with Crippen LogP contribution in [0.25, 0.3) is 0 Å². The average Bonchev–Trinajstić information content (AvgIpc) is 3.01. The summed E-state index contributed by atoms with van der Waals surface area (Å²) in [5.74, 6) is 1.06. The van der Waals surface area contributed by atoms with E-state index < -0.39 is 0 Å². The maximum absolute atomic E-state index is 9.26. The topological polar surface area (TPSA) is 51.4 Å². The second kappa shape index (κ2) is 4.78. The van der Waals surface area contributed by atoms with Crippen molar-refractivity contribution in [2.75, 3.05) is 6.54 Å². The van der Waals surface area contributed by atoms with Gasteiger partial charge in [-0.25, -0.2) is 0 Å². The van der Waals surface area contributed by atoms with Crippen molar-refractivity contribution >= 4 is 6.21 Å². The molecule has 1 aromatic rings. The highest BCUT2D eigenvalue weighted by molar-refractivity contribution is 5.89. The monoisotopic (exact) mass is 276 g/mol. The van der Waals surface area contributed by atoms with Crippen molar-refractivity contribution in [1.82, 2.24) is 10.2 Å². The summed E-state index contributed by atoms with van der Waals surface area (Å²) in [4.78, 5) is 6.60. The second-order valence-corrected chi connectivity index (χ2v) is 5.67. The zero-order valence-electron chi connectivity index (χ0n) is 11.7. The summed E-state index contributed by atoms with van der Waals surface area (Å²) in [7, 11) is 0. The van der Waals surface area contributed by atoms with Crippen LogP contribution in [-0.2, 0) is 13.0 Å². The fourth-order valence-electron chi connectivity index (χ4n) is 3.27. The van der Waals surface area contributed by atoms with E-state index in [4.69, 9.17) is 0 Å². The molecule has 0 spiro atoms. The van der Waals surface area contributed by atoms with E-state index in [1.807, 2.05) is 12.4 Å². The van der Waals surface area contributed by atoms with Gasteiger partial charge in [0.1, 0.15) is 11.9 Å². The van der Waals surface area contributed by atoms with Gasteiger partial charge in [0.2, 0.25) is 0 Å². The third-order valence-electron chi connectivity index (χ3n) is 4.37. The van der Waals surface area contributed by atoms with Gasteiger partial charge in [0, 0.05) is 37.5 Å². The summed E-state index contributed by atoms with van der Waals surface area (Å²) in [5.41, 5.74) is 5.14. The molecule has 1 N–H and O–H groups in total. The van der Waals surface area contributed by atoms with Crippen molar-refractivity contribution in [1.29, 1.82) is 5.26 Å². The normalized spacial score (nSPS) is 23.1. The molecule has 3 aliphatic rings. The van der Waals surface area contributed by atoms with Crippen LogP contribution in [0.2, 0.25) is 0 Å². The molecule has 4 heteroatoms. The number of nitrogens with one attached hydrogen (secondary N) is 1. The van der Waals surface area contributed by atoms with Gasteiger partial charge in [0.25, 0.3) is 0 Å². The molecule has 0 saturated heterocycles. The van der Waals surface area contributed by atoms with E-state index in [0.717, 1.165) is 37.3 Å². The highest BCUT2D eigenvalue weighted by atomic mass is 15.3. The van der Waals surface area contributed by atoms with Gasteiger partial charge in [-0.1, -0.05) is 24.3 Å². The number of hydrogen-bond donors (Lipinski definition) is 1. The minimum atomic E-state index is -0.158. The highest BCUT2D eigenvalue weighted by Gasteiger charge is 2.29. The zero-order valence-corrected chi connectivity index (χ0v) is 11.7. The number of allylic oxidation sites excluding steroid dienone is 1. The predicted octanol–water partition coefficient (Wildman–Crippen LogP) is 2.11. The minimum absolute atomic E-state index is 0.158. The number of benzene rings is 1. The van der Waals surface area contributed by atoms with Crippen molar-refractivity contribution in [2.24, 2.45) is 4.99 Å². The van der Waals surface area contributed by atoms with Crippen molar-refractivity contribution in [3.8, 4) is 6.07 Å². The van der Waals surface area contributed by atoms with Gasteiger partial charge in [0.05, 0.1) is 6.07 Å². The zero-order chi connectivity index (χ0) is 14.2. The quantitative estimate of drug-likeness (QED) is 0.854. The highest BCUT2D eigenvalue weighted by Crippen LogP contribution is 2.31. The van der Waals surface area contributed by atoms with Crippen LogP contribution >= 0.6 is 0 Å². The van der Waals surface area contributed by atoms with E-state index in [0.29, 0.717) is 0 Å². The molecule has 104 valence electrons. The molecule has 0 aliphatic carbocycles. The third-order valence-corrected chi connectivity index (χ3v) is 4.37. The fourth-order valence-corrected chi connectivity index (χ4v) is 3.27. The number of hydrogen-bond acceptors (Lipinski definition) is 4. The van der Waals surface area contributed by atoms with Gasteiger partial charge in [-0.2, -0.15) is 5.26 Å². The van der Waals surface area contributed by atoms with Gasteiger partial charge in [-0.15, -0.1) is 0 Å². The summed E-state index contributed by atoms with van der Waals surface area (Å²) in [6.07, 6.45) is 5.58. The summed E-state index contributed by atoms with van der Waals surface area (Å²) < 4.78 is 0. The van der Waals surface area contributed by atoms with Gasteiger partial charge in [-0.05, 0) is 23.1 Å². The third kappa shape index (κ3) is 2.02. The maximum Gasteiger partial charge on any atom is 0.119 e. The number of aliphatic imine (C=N–C) groups is 1. The molecule has 0 radical (unpaired) electrons. The van der Waals surface area contributed by atoms with E-state index >= 15 is 0 Å². The lowest BCUT2D eigenvalue weighted by Gasteiger charge is -2.37. The summed E-state index contributed by atoms with van der Waals surface area (Å²) in [6, 6.07) is 10.8.